The van der Waals surface area contributed by atoms with Gasteiger partial charge in [0, 0.05) is 77.3 Å². The van der Waals surface area contributed by atoms with Gasteiger partial charge in [-0.15, -0.1) is 0 Å². The standard InChI is InChI=1S/C64H54N4O4/c1-5-43-33-37-69-61(43)65(47-21-13-9-14-22-47)55-41-56(66(48-23-15-10-16-24-48)62-44(6-2)34-38-70-62)52-31-32-54-58(68(50-27-19-12-20-28-50)64-46(8-4)36-40-72-64)42-57(53-30-29-51(55)59(52)60(53)54)67(49-25-17-11-18-26-49)63-45(7-3)35-39-71-63/h9-42H,5-8H2,1-4H3. The second-order valence-electron chi connectivity index (χ2n) is 18.0. The van der Waals surface area contributed by atoms with Crippen LogP contribution in [0.15, 0.2) is 225 Å². The Hall–Kier alpha value is -8.88. The zero-order valence-electron chi connectivity index (χ0n) is 40.9. The van der Waals surface area contributed by atoms with Crippen LogP contribution in [0.25, 0.3) is 32.3 Å². The van der Waals surface area contributed by atoms with Crippen LogP contribution in [0.2, 0.25) is 0 Å². The summed E-state index contributed by atoms with van der Waals surface area (Å²) in [5.74, 6) is 3.07. The Balaban J connectivity index is 1.30. The molecule has 8 aromatic carbocycles. The van der Waals surface area contributed by atoms with Crippen molar-refractivity contribution >= 4 is 101 Å². The maximum atomic E-state index is 6.60. The van der Waals surface area contributed by atoms with E-state index >= 15 is 0 Å². The second kappa shape index (κ2) is 18.8. The molecule has 0 radical (unpaired) electrons. The molecule has 12 aromatic rings. The van der Waals surface area contributed by atoms with Crippen molar-refractivity contribution in [3.63, 3.8) is 0 Å². The molecule has 0 amide bonds. The summed E-state index contributed by atoms with van der Waals surface area (Å²) in [6, 6.07) is 64.4. The molecule has 0 fully saturated rings. The minimum atomic E-state index is 0.768. The Morgan fingerprint density at radius 1 is 0.278 bits per heavy atom. The first-order valence-corrected chi connectivity index (χ1v) is 25.0. The fourth-order valence-electron chi connectivity index (χ4n) is 10.6. The lowest BCUT2D eigenvalue weighted by Crippen LogP contribution is -2.16. The third-order valence-electron chi connectivity index (χ3n) is 14.1. The van der Waals surface area contributed by atoms with E-state index in [4.69, 9.17) is 17.7 Å². The molecular weight excluding hydrogens is 889 g/mol. The van der Waals surface area contributed by atoms with Crippen LogP contribution in [-0.4, -0.2) is 0 Å². The zero-order chi connectivity index (χ0) is 48.7. The Morgan fingerprint density at radius 3 is 0.708 bits per heavy atom. The molecule has 0 atom stereocenters. The van der Waals surface area contributed by atoms with Crippen LogP contribution < -0.4 is 19.6 Å². The first-order chi connectivity index (χ1) is 35.6. The smallest absolute Gasteiger partial charge is 0.207 e. The topological polar surface area (TPSA) is 65.5 Å². The third kappa shape index (κ3) is 7.37. The highest BCUT2D eigenvalue weighted by molar-refractivity contribution is 6.33. The molecule has 4 aromatic heterocycles. The quantitative estimate of drug-likeness (QED) is 0.0888. The van der Waals surface area contributed by atoms with Crippen LogP contribution in [0.1, 0.15) is 49.9 Å². The van der Waals surface area contributed by atoms with Crippen LogP contribution in [0.5, 0.6) is 0 Å². The molecule has 0 aliphatic carbocycles. The average molecular weight is 943 g/mol. The highest BCUT2D eigenvalue weighted by Crippen LogP contribution is 2.56. The average Bonchev–Trinajstić information content (AvgIpc) is 4.30. The predicted molar refractivity (Wildman–Crippen MR) is 295 cm³/mol. The number of aryl methyl sites for hydroxylation is 4. The van der Waals surface area contributed by atoms with Gasteiger partial charge in [0.25, 0.3) is 0 Å². The normalized spacial score (nSPS) is 11.6. The molecule has 0 N–H and O–H groups in total. The van der Waals surface area contributed by atoms with Crippen molar-refractivity contribution in [3.05, 3.63) is 229 Å². The van der Waals surface area contributed by atoms with E-state index in [0.29, 0.717) is 0 Å². The predicted octanol–water partition coefficient (Wildman–Crippen LogP) is 19.1. The summed E-state index contributed by atoms with van der Waals surface area (Å²) < 4.78 is 26.4. The van der Waals surface area contributed by atoms with Crippen molar-refractivity contribution in [2.75, 3.05) is 19.6 Å². The Morgan fingerprint density at radius 2 is 0.500 bits per heavy atom. The lowest BCUT2D eigenvalue weighted by molar-refractivity contribution is 0.570. The van der Waals surface area contributed by atoms with Gasteiger partial charge in [-0.2, -0.15) is 0 Å². The van der Waals surface area contributed by atoms with E-state index in [1.54, 1.807) is 25.1 Å². The van der Waals surface area contributed by atoms with Crippen molar-refractivity contribution in [1.82, 2.24) is 0 Å². The third-order valence-corrected chi connectivity index (χ3v) is 14.1. The minimum Gasteiger partial charge on any atom is -0.448 e. The molecule has 354 valence electrons. The number of nitrogens with zero attached hydrogens (tertiary/aromatic N) is 4. The van der Waals surface area contributed by atoms with Crippen LogP contribution >= 0.6 is 0 Å². The number of benzene rings is 8. The summed E-state index contributed by atoms with van der Waals surface area (Å²) in [5.41, 5.74) is 12.1. The summed E-state index contributed by atoms with van der Waals surface area (Å²) in [6.07, 6.45) is 10.4. The van der Waals surface area contributed by atoms with Gasteiger partial charge in [0.1, 0.15) is 0 Å². The molecular formula is C64H54N4O4. The van der Waals surface area contributed by atoms with Crippen molar-refractivity contribution in [2.45, 2.75) is 53.4 Å². The van der Waals surface area contributed by atoms with E-state index < -0.39 is 0 Å². The molecule has 0 spiro atoms. The Kier molecular flexibility index (Phi) is 11.6. The van der Waals surface area contributed by atoms with Gasteiger partial charge in [0.15, 0.2) is 0 Å². The monoisotopic (exact) mass is 942 g/mol. The van der Waals surface area contributed by atoms with Crippen LogP contribution in [0, 0.1) is 0 Å². The molecule has 0 aliphatic rings. The first-order valence-electron chi connectivity index (χ1n) is 25.0. The van der Waals surface area contributed by atoms with E-state index in [1.807, 2.05) is 0 Å². The first kappa shape index (κ1) is 44.3. The fraction of sp³-hybridized carbons (Fsp3) is 0.125. The van der Waals surface area contributed by atoms with E-state index in [1.165, 1.54) is 0 Å². The molecule has 72 heavy (non-hydrogen) atoms. The molecule has 0 aliphatic heterocycles. The highest BCUT2D eigenvalue weighted by Gasteiger charge is 2.32. The summed E-state index contributed by atoms with van der Waals surface area (Å²) in [4.78, 5) is 9.17. The van der Waals surface area contributed by atoms with Crippen molar-refractivity contribution < 1.29 is 17.7 Å². The summed E-state index contributed by atoms with van der Waals surface area (Å²) in [5, 5.41) is 6.38. The van der Waals surface area contributed by atoms with Crippen molar-refractivity contribution in [2.24, 2.45) is 0 Å². The van der Waals surface area contributed by atoms with Gasteiger partial charge in [-0.1, -0.05) is 125 Å². The SMILES string of the molecule is CCc1ccoc1N(c1ccccc1)c1cc(N(c2ccccc2)c2occc2CC)c2ccc3c(N(c4ccccc4)c4occc4CC)cc(N(c4ccccc4)c4occc4CC)c4ccc1c2c43. The van der Waals surface area contributed by atoms with Crippen molar-refractivity contribution in [3.8, 4) is 0 Å². The second-order valence-corrected chi connectivity index (χ2v) is 18.0. The number of rotatable bonds is 16. The molecule has 0 saturated carbocycles. The van der Waals surface area contributed by atoms with Gasteiger partial charge in [-0.3, -0.25) is 19.6 Å². The molecule has 12 rings (SSSR count). The Bertz CT molecular complexity index is 3290. The van der Waals surface area contributed by atoms with E-state index in [-0.39, 0.29) is 0 Å². The molecule has 0 unspecified atom stereocenters. The number of furan rings is 4. The number of para-hydroxylation sites is 4. The maximum Gasteiger partial charge on any atom is 0.207 e. The van der Waals surface area contributed by atoms with Gasteiger partial charge in [0.2, 0.25) is 23.5 Å². The van der Waals surface area contributed by atoms with E-state index in [2.05, 4.69) is 229 Å². The Labute approximate surface area is 419 Å². The van der Waals surface area contributed by atoms with Gasteiger partial charge in [-0.25, -0.2) is 0 Å². The van der Waals surface area contributed by atoms with Crippen LogP contribution in [-0.2, 0) is 25.7 Å². The van der Waals surface area contributed by atoms with Gasteiger partial charge < -0.3 is 17.7 Å². The summed E-state index contributed by atoms with van der Waals surface area (Å²) in [6.45, 7) is 8.72. The molecule has 0 bridgehead atoms. The van der Waals surface area contributed by atoms with Gasteiger partial charge >= 0.3 is 0 Å². The molecule has 8 heteroatoms. The maximum absolute atomic E-state index is 6.60. The molecule has 4 heterocycles. The van der Waals surface area contributed by atoms with E-state index in [9.17, 15) is 0 Å². The lowest BCUT2D eigenvalue weighted by atomic mass is 9.89. The number of anilines is 12. The summed E-state index contributed by atoms with van der Waals surface area (Å²) in [7, 11) is 0. The highest BCUT2D eigenvalue weighted by atomic mass is 16.4. The van der Waals surface area contributed by atoms with Gasteiger partial charge in [-0.05, 0) is 111 Å². The minimum absolute atomic E-state index is 0.768. The fourth-order valence-corrected chi connectivity index (χ4v) is 10.6. The van der Waals surface area contributed by atoms with Gasteiger partial charge in [0.05, 0.1) is 47.8 Å². The molecule has 0 saturated heterocycles. The van der Waals surface area contributed by atoms with E-state index in [0.717, 1.165) is 149 Å². The zero-order valence-corrected chi connectivity index (χ0v) is 40.9. The largest absolute Gasteiger partial charge is 0.448 e. The number of hydrogen-bond acceptors (Lipinski definition) is 8. The van der Waals surface area contributed by atoms with Crippen LogP contribution in [0.3, 0.4) is 0 Å². The number of hydrogen-bond donors (Lipinski definition) is 0. The lowest BCUT2D eigenvalue weighted by Gasteiger charge is -2.33. The van der Waals surface area contributed by atoms with Crippen LogP contribution in [0.4, 0.5) is 69.0 Å². The summed E-state index contributed by atoms with van der Waals surface area (Å²) >= 11 is 0. The van der Waals surface area contributed by atoms with Crippen molar-refractivity contribution in [1.29, 1.82) is 0 Å². The molecule has 8 nitrogen and oxygen atoms in total.